The molecule has 176 valence electrons. The van der Waals surface area contributed by atoms with E-state index in [0.717, 1.165) is 11.8 Å². The van der Waals surface area contributed by atoms with Crippen molar-refractivity contribution in [3.05, 3.63) is 48.5 Å². The van der Waals surface area contributed by atoms with E-state index in [9.17, 15) is 24.0 Å². The number of rotatable bonds is 7. The number of Topliss-reactive ketones (excluding diaryl/α,β-unsaturated/α-hetero) is 1. The molecule has 1 fully saturated rings. The number of primary amides is 1. The highest BCUT2D eigenvalue weighted by Crippen LogP contribution is 2.17. The number of hydrogen-bond acceptors (Lipinski definition) is 6. The lowest BCUT2D eigenvalue weighted by Crippen LogP contribution is -2.53. The minimum atomic E-state index is -1.35. The van der Waals surface area contributed by atoms with Crippen LogP contribution >= 0.6 is 0 Å². The molecule has 1 aliphatic rings. The summed E-state index contributed by atoms with van der Waals surface area (Å²) in [5.41, 5.74) is 5.17. The van der Waals surface area contributed by atoms with Crippen molar-refractivity contribution in [3.63, 3.8) is 0 Å². The third-order valence-electron chi connectivity index (χ3n) is 5.00. The molecule has 2 aromatic rings. The molecule has 0 aromatic heterocycles. The van der Waals surface area contributed by atoms with E-state index in [2.05, 4.69) is 58.6 Å². The molecule has 2 unspecified atom stereocenters. The first-order chi connectivity index (χ1) is 15.7. The van der Waals surface area contributed by atoms with Crippen LogP contribution < -0.4 is 11.1 Å². The maximum atomic E-state index is 12.2. The van der Waals surface area contributed by atoms with E-state index in [1.807, 2.05) is 0 Å². The summed E-state index contributed by atoms with van der Waals surface area (Å²) >= 11 is 0. The number of benzene rings is 2. The average molecular weight is 457 g/mol. The van der Waals surface area contributed by atoms with E-state index in [-0.39, 0.29) is 0 Å². The van der Waals surface area contributed by atoms with Crippen molar-refractivity contribution >= 4 is 40.4 Å². The Morgan fingerprint density at radius 3 is 2.09 bits per heavy atom. The standard InChI is InChI=1S/C13H19N3O7.C10H8/c1-7(17)23-6-10(18)8(5-11(19)20)15-12(21)9-3-2-4-16(9)13(14)22;1-2-6-10-8-4-3-7-9(10)5-1/h8-9H,2-6H2,1H3,(H2,14,22)(H,15,21)(H,19,20);1-8H. The molecule has 1 saturated heterocycles. The van der Waals surface area contributed by atoms with Gasteiger partial charge in [-0.25, -0.2) is 4.79 Å². The van der Waals surface area contributed by atoms with Gasteiger partial charge in [-0.05, 0) is 23.6 Å². The van der Waals surface area contributed by atoms with Crippen molar-refractivity contribution in [2.24, 2.45) is 5.73 Å². The summed E-state index contributed by atoms with van der Waals surface area (Å²) < 4.78 is 4.52. The number of carboxylic acid groups (broad SMARTS) is 1. The minimum absolute atomic E-state index is 0.318. The molecular weight excluding hydrogens is 430 g/mol. The number of nitrogens with two attached hydrogens (primary N) is 1. The first-order valence-corrected chi connectivity index (χ1v) is 10.4. The molecule has 1 heterocycles. The van der Waals surface area contributed by atoms with Crippen LogP contribution in [0.4, 0.5) is 4.79 Å². The van der Waals surface area contributed by atoms with Crippen LogP contribution in [-0.2, 0) is 23.9 Å². The second-order valence-electron chi connectivity index (χ2n) is 7.44. The zero-order valence-electron chi connectivity index (χ0n) is 18.2. The molecule has 2 aromatic carbocycles. The number of amides is 3. The van der Waals surface area contributed by atoms with E-state index in [0.29, 0.717) is 19.4 Å². The molecule has 0 bridgehead atoms. The molecular formula is C23H27N3O7. The van der Waals surface area contributed by atoms with Gasteiger partial charge in [-0.1, -0.05) is 48.5 Å². The van der Waals surface area contributed by atoms with Crippen LogP contribution in [0.5, 0.6) is 0 Å². The molecule has 0 spiro atoms. The SMILES string of the molecule is CC(=O)OCC(=O)C(CC(=O)O)NC(=O)C1CCCN1C(N)=O.c1ccc2ccccc2c1. The van der Waals surface area contributed by atoms with Crippen LogP contribution in [0.3, 0.4) is 0 Å². The first-order valence-electron chi connectivity index (χ1n) is 10.4. The number of carboxylic acids is 1. The van der Waals surface area contributed by atoms with Crippen LogP contribution in [0.25, 0.3) is 10.8 Å². The molecule has 3 rings (SSSR count). The number of nitrogens with one attached hydrogen (secondary N) is 1. The highest BCUT2D eigenvalue weighted by Gasteiger charge is 2.35. The predicted octanol–water partition coefficient (Wildman–Crippen LogP) is 1.46. The summed E-state index contributed by atoms with van der Waals surface area (Å²) in [6.07, 6.45) is 0.286. The second kappa shape index (κ2) is 12.2. The molecule has 0 aliphatic carbocycles. The summed E-state index contributed by atoms with van der Waals surface area (Å²) in [5, 5.41) is 13.7. The van der Waals surface area contributed by atoms with Gasteiger partial charge >= 0.3 is 18.0 Å². The fraction of sp³-hybridized carbons (Fsp3) is 0.348. The lowest BCUT2D eigenvalue weighted by atomic mass is 10.1. The summed E-state index contributed by atoms with van der Waals surface area (Å²) in [4.78, 5) is 58.0. The Kier molecular flexibility index (Phi) is 9.34. The van der Waals surface area contributed by atoms with Gasteiger partial charge in [0, 0.05) is 13.5 Å². The zero-order valence-corrected chi connectivity index (χ0v) is 18.2. The molecule has 33 heavy (non-hydrogen) atoms. The third kappa shape index (κ3) is 7.91. The highest BCUT2D eigenvalue weighted by atomic mass is 16.5. The molecule has 10 nitrogen and oxygen atoms in total. The quantitative estimate of drug-likeness (QED) is 0.531. The average Bonchev–Trinajstić information content (AvgIpc) is 3.28. The van der Waals surface area contributed by atoms with Gasteiger partial charge < -0.3 is 25.8 Å². The second-order valence-corrected chi connectivity index (χ2v) is 7.44. The topological polar surface area (TPSA) is 156 Å². The van der Waals surface area contributed by atoms with Gasteiger partial charge in [0.1, 0.15) is 12.1 Å². The van der Waals surface area contributed by atoms with Gasteiger partial charge in [-0.2, -0.15) is 0 Å². The molecule has 10 heteroatoms. The molecule has 4 N–H and O–H groups in total. The lowest BCUT2D eigenvalue weighted by molar-refractivity contribution is -0.147. The van der Waals surface area contributed by atoms with Gasteiger partial charge in [-0.15, -0.1) is 0 Å². The van der Waals surface area contributed by atoms with E-state index in [1.54, 1.807) is 0 Å². The molecule has 0 saturated carbocycles. The third-order valence-corrected chi connectivity index (χ3v) is 5.00. The van der Waals surface area contributed by atoms with Gasteiger partial charge in [0.2, 0.25) is 5.91 Å². The number of ether oxygens (including phenoxy) is 1. The van der Waals surface area contributed by atoms with Crippen molar-refractivity contribution < 1.29 is 33.8 Å². The zero-order chi connectivity index (χ0) is 24.4. The van der Waals surface area contributed by atoms with Crippen molar-refractivity contribution in [1.29, 1.82) is 0 Å². The smallest absolute Gasteiger partial charge is 0.315 e. The van der Waals surface area contributed by atoms with E-state index in [4.69, 9.17) is 10.8 Å². The van der Waals surface area contributed by atoms with Gasteiger partial charge in [-0.3, -0.25) is 19.2 Å². The Balaban J connectivity index is 0.000000315. The van der Waals surface area contributed by atoms with Crippen LogP contribution in [0, 0.1) is 0 Å². The Labute approximate surface area is 190 Å². The molecule has 1 aliphatic heterocycles. The van der Waals surface area contributed by atoms with Crippen LogP contribution in [-0.4, -0.2) is 64.9 Å². The number of hydrogen-bond donors (Lipinski definition) is 3. The number of aliphatic carboxylic acids is 1. The summed E-state index contributed by atoms with van der Waals surface area (Å²) in [5.74, 6) is -3.41. The number of carbonyl (C=O) groups is 5. The fourth-order valence-electron chi connectivity index (χ4n) is 3.40. The molecule has 2 atom stereocenters. The van der Waals surface area contributed by atoms with Crippen molar-refractivity contribution in [2.45, 2.75) is 38.3 Å². The summed E-state index contributed by atoms with van der Waals surface area (Å²) in [7, 11) is 0. The number of likely N-dealkylation sites (tertiary alicyclic amines) is 1. The first kappa shape index (κ1) is 25.3. The van der Waals surface area contributed by atoms with Crippen molar-refractivity contribution in [3.8, 4) is 0 Å². The Bertz CT molecular complexity index is 959. The van der Waals surface area contributed by atoms with Gasteiger partial charge in [0.15, 0.2) is 12.4 Å². The largest absolute Gasteiger partial charge is 0.481 e. The minimum Gasteiger partial charge on any atom is -0.481 e. The van der Waals surface area contributed by atoms with E-state index in [1.165, 1.54) is 10.8 Å². The fourth-order valence-corrected chi connectivity index (χ4v) is 3.40. The number of ketones is 1. The van der Waals surface area contributed by atoms with Crippen molar-refractivity contribution in [1.82, 2.24) is 10.2 Å². The van der Waals surface area contributed by atoms with Crippen molar-refractivity contribution in [2.75, 3.05) is 13.2 Å². The van der Waals surface area contributed by atoms with Gasteiger partial charge in [0.25, 0.3) is 0 Å². The van der Waals surface area contributed by atoms with E-state index < -0.39 is 54.8 Å². The number of urea groups is 1. The Morgan fingerprint density at radius 2 is 1.64 bits per heavy atom. The van der Waals surface area contributed by atoms with Gasteiger partial charge in [0.05, 0.1) is 6.42 Å². The number of carbonyl (C=O) groups excluding carboxylic acids is 4. The normalized spacial score (nSPS) is 15.7. The number of nitrogens with zero attached hydrogens (tertiary/aromatic N) is 1. The van der Waals surface area contributed by atoms with E-state index >= 15 is 0 Å². The number of fused-ring (bicyclic) bond motifs is 1. The maximum absolute atomic E-state index is 12.2. The van der Waals surface area contributed by atoms with Crippen LogP contribution in [0.1, 0.15) is 26.2 Å². The maximum Gasteiger partial charge on any atom is 0.315 e. The van der Waals surface area contributed by atoms with Crippen LogP contribution in [0.15, 0.2) is 48.5 Å². The molecule has 3 amide bonds. The predicted molar refractivity (Wildman–Crippen MR) is 119 cm³/mol. The molecule has 0 radical (unpaired) electrons. The number of esters is 1. The highest BCUT2D eigenvalue weighted by molar-refractivity contribution is 5.95. The lowest BCUT2D eigenvalue weighted by Gasteiger charge is -2.24. The Hall–Kier alpha value is -3.95. The monoisotopic (exact) mass is 457 g/mol. The summed E-state index contributed by atoms with van der Waals surface area (Å²) in [6, 6.07) is 13.8. The van der Waals surface area contributed by atoms with Crippen LogP contribution in [0.2, 0.25) is 0 Å². The summed E-state index contributed by atoms with van der Waals surface area (Å²) in [6.45, 7) is 0.775. The Morgan fingerprint density at radius 1 is 1.09 bits per heavy atom.